The quantitative estimate of drug-likeness (QED) is 0.776. The third-order valence-electron chi connectivity index (χ3n) is 4.64. The molecule has 0 radical (unpaired) electrons. The number of hydrogen-bond acceptors (Lipinski definition) is 6. The molecule has 1 aliphatic rings. The molecular formula is C17H27N3O3. The van der Waals surface area contributed by atoms with Crippen LogP contribution in [0.3, 0.4) is 0 Å². The standard InChI is InChI=1S/C17H27N3O3/c1-12-9-15(19-14(18-12)11-22-4)20-8-6-7-13(10-20)17(2,3)16(21)23-5/h9,13H,6-8,10-11H2,1-5H3. The minimum Gasteiger partial charge on any atom is -0.469 e. The number of esters is 1. The Balaban J connectivity index is 2.20. The van der Waals surface area contributed by atoms with Gasteiger partial charge in [0.25, 0.3) is 0 Å². The van der Waals surface area contributed by atoms with E-state index in [1.807, 2.05) is 26.8 Å². The van der Waals surface area contributed by atoms with Crippen molar-refractivity contribution < 1.29 is 14.3 Å². The van der Waals surface area contributed by atoms with Crippen molar-refractivity contribution >= 4 is 11.8 Å². The summed E-state index contributed by atoms with van der Waals surface area (Å²) in [7, 11) is 3.09. The molecular weight excluding hydrogens is 294 g/mol. The zero-order valence-corrected chi connectivity index (χ0v) is 14.8. The molecule has 23 heavy (non-hydrogen) atoms. The zero-order chi connectivity index (χ0) is 17.0. The van der Waals surface area contributed by atoms with Crippen LogP contribution in [0.5, 0.6) is 0 Å². The van der Waals surface area contributed by atoms with Crippen molar-refractivity contribution in [3.8, 4) is 0 Å². The van der Waals surface area contributed by atoms with Gasteiger partial charge in [0.05, 0.1) is 12.5 Å². The summed E-state index contributed by atoms with van der Waals surface area (Å²) in [6, 6.07) is 1.99. The average molecular weight is 321 g/mol. The van der Waals surface area contributed by atoms with Gasteiger partial charge in [0.1, 0.15) is 12.4 Å². The van der Waals surface area contributed by atoms with Crippen molar-refractivity contribution in [1.82, 2.24) is 9.97 Å². The topological polar surface area (TPSA) is 64.5 Å². The molecule has 1 aromatic rings. The number of piperidine rings is 1. The van der Waals surface area contributed by atoms with Crippen LogP contribution in [-0.4, -0.2) is 43.2 Å². The van der Waals surface area contributed by atoms with Crippen molar-refractivity contribution in [2.24, 2.45) is 11.3 Å². The van der Waals surface area contributed by atoms with Crippen LogP contribution in [0.2, 0.25) is 0 Å². The van der Waals surface area contributed by atoms with Gasteiger partial charge in [-0.15, -0.1) is 0 Å². The largest absolute Gasteiger partial charge is 0.469 e. The van der Waals surface area contributed by atoms with E-state index in [2.05, 4.69) is 14.9 Å². The molecule has 0 bridgehead atoms. The van der Waals surface area contributed by atoms with Crippen LogP contribution >= 0.6 is 0 Å². The molecule has 128 valence electrons. The van der Waals surface area contributed by atoms with E-state index in [1.54, 1.807) is 7.11 Å². The molecule has 0 spiro atoms. The summed E-state index contributed by atoms with van der Waals surface area (Å²) in [6.07, 6.45) is 2.06. The SMILES string of the molecule is COCc1nc(C)cc(N2CCCC(C(C)(C)C(=O)OC)C2)n1. The van der Waals surface area contributed by atoms with E-state index in [1.165, 1.54) is 7.11 Å². The Hall–Kier alpha value is -1.69. The smallest absolute Gasteiger partial charge is 0.311 e. The molecule has 1 saturated heterocycles. The molecule has 0 aliphatic carbocycles. The maximum absolute atomic E-state index is 12.1. The van der Waals surface area contributed by atoms with Crippen molar-refractivity contribution in [1.29, 1.82) is 0 Å². The van der Waals surface area contributed by atoms with Crippen molar-refractivity contribution in [2.45, 2.75) is 40.2 Å². The number of carbonyl (C=O) groups excluding carboxylic acids is 1. The first-order chi connectivity index (χ1) is 10.9. The number of anilines is 1. The third-order valence-corrected chi connectivity index (χ3v) is 4.64. The molecule has 0 N–H and O–H groups in total. The van der Waals surface area contributed by atoms with Gasteiger partial charge in [-0.3, -0.25) is 4.79 Å². The van der Waals surface area contributed by atoms with Crippen molar-refractivity contribution in [2.75, 3.05) is 32.2 Å². The van der Waals surface area contributed by atoms with Crippen LogP contribution in [0.25, 0.3) is 0 Å². The first kappa shape index (κ1) is 17.7. The number of aryl methyl sites for hydroxylation is 1. The van der Waals surface area contributed by atoms with E-state index in [0.29, 0.717) is 12.4 Å². The van der Waals surface area contributed by atoms with Crippen LogP contribution in [0.1, 0.15) is 38.2 Å². The van der Waals surface area contributed by atoms with Gasteiger partial charge < -0.3 is 14.4 Å². The number of methoxy groups -OCH3 is 2. The summed E-state index contributed by atoms with van der Waals surface area (Å²) in [5.74, 6) is 1.69. The van der Waals surface area contributed by atoms with Crippen LogP contribution in [-0.2, 0) is 20.9 Å². The van der Waals surface area contributed by atoms with E-state index < -0.39 is 5.41 Å². The molecule has 6 heteroatoms. The first-order valence-electron chi connectivity index (χ1n) is 8.05. The van der Waals surface area contributed by atoms with Crippen LogP contribution < -0.4 is 4.90 Å². The van der Waals surface area contributed by atoms with Gasteiger partial charge in [-0.25, -0.2) is 9.97 Å². The molecule has 2 rings (SSSR count). The van der Waals surface area contributed by atoms with E-state index >= 15 is 0 Å². The monoisotopic (exact) mass is 321 g/mol. The highest BCUT2D eigenvalue weighted by molar-refractivity contribution is 5.76. The van der Waals surface area contributed by atoms with Crippen LogP contribution in [0.15, 0.2) is 6.07 Å². The minimum atomic E-state index is -0.495. The molecule has 1 unspecified atom stereocenters. The Kier molecular flexibility index (Phi) is 5.57. The number of nitrogens with zero attached hydrogens (tertiary/aromatic N) is 3. The maximum Gasteiger partial charge on any atom is 0.311 e. The van der Waals surface area contributed by atoms with E-state index in [-0.39, 0.29) is 11.9 Å². The Morgan fingerprint density at radius 1 is 1.39 bits per heavy atom. The Morgan fingerprint density at radius 3 is 2.78 bits per heavy atom. The molecule has 1 aromatic heterocycles. The summed E-state index contributed by atoms with van der Waals surface area (Å²) >= 11 is 0. The second-order valence-corrected chi connectivity index (χ2v) is 6.72. The number of ether oxygens (including phenoxy) is 2. The molecule has 2 heterocycles. The number of carbonyl (C=O) groups is 1. The van der Waals surface area contributed by atoms with Gasteiger partial charge in [0, 0.05) is 32.0 Å². The lowest BCUT2D eigenvalue weighted by Crippen LogP contribution is -2.45. The first-order valence-corrected chi connectivity index (χ1v) is 8.05. The van der Waals surface area contributed by atoms with Gasteiger partial charge in [-0.2, -0.15) is 0 Å². The lowest BCUT2D eigenvalue weighted by molar-refractivity contribution is -0.154. The number of rotatable bonds is 5. The Labute approximate surface area is 138 Å². The predicted octanol–water partition coefficient (Wildman–Crippen LogP) is 2.35. The van der Waals surface area contributed by atoms with Crippen LogP contribution in [0, 0.1) is 18.3 Å². The van der Waals surface area contributed by atoms with Gasteiger partial charge in [-0.1, -0.05) is 0 Å². The van der Waals surface area contributed by atoms with E-state index in [9.17, 15) is 4.79 Å². The Bertz CT molecular complexity index is 560. The Morgan fingerprint density at radius 2 is 2.13 bits per heavy atom. The fraction of sp³-hybridized carbons (Fsp3) is 0.706. The maximum atomic E-state index is 12.1. The summed E-state index contributed by atoms with van der Waals surface area (Å²) in [4.78, 5) is 23.3. The molecule has 6 nitrogen and oxygen atoms in total. The summed E-state index contributed by atoms with van der Waals surface area (Å²) in [6.45, 7) is 8.04. The minimum absolute atomic E-state index is 0.150. The van der Waals surface area contributed by atoms with E-state index in [4.69, 9.17) is 9.47 Å². The van der Waals surface area contributed by atoms with Gasteiger partial charge in [0.15, 0.2) is 5.82 Å². The normalized spacial score (nSPS) is 18.8. The van der Waals surface area contributed by atoms with Crippen molar-refractivity contribution in [3.63, 3.8) is 0 Å². The highest BCUT2D eigenvalue weighted by Gasteiger charge is 2.40. The number of hydrogen-bond donors (Lipinski definition) is 0. The second kappa shape index (κ2) is 7.25. The average Bonchev–Trinajstić information content (AvgIpc) is 2.54. The van der Waals surface area contributed by atoms with Crippen LogP contribution in [0.4, 0.5) is 5.82 Å². The molecule has 1 aliphatic heterocycles. The molecule has 0 aromatic carbocycles. The van der Waals surface area contributed by atoms with Crippen molar-refractivity contribution in [3.05, 3.63) is 17.6 Å². The fourth-order valence-electron chi connectivity index (χ4n) is 3.17. The summed E-state index contributed by atoms with van der Waals surface area (Å²) < 4.78 is 10.1. The highest BCUT2D eigenvalue weighted by Crippen LogP contribution is 2.36. The van der Waals surface area contributed by atoms with Gasteiger partial charge in [0.2, 0.25) is 0 Å². The molecule has 1 atom stereocenters. The lowest BCUT2D eigenvalue weighted by Gasteiger charge is -2.40. The summed E-state index contributed by atoms with van der Waals surface area (Å²) in [5, 5.41) is 0. The third kappa shape index (κ3) is 3.99. The van der Waals surface area contributed by atoms with Gasteiger partial charge >= 0.3 is 5.97 Å². The predicted molar refractivity (Wildman–Crippen MR) is 88.2 cm³/mol. The molecule has 0 saturated carbocycles. The van der Waals surface area contributed by atoms with Gasteiger partial charge in [-0.05, 0) is 39.5 Å². The lowest BCUT2D eigenvalue weighted by atomic mass is 9.74. The zero-order valence-electron chi connectivity index (χ0n) is 14.8. The fourth-order valence-corrected chi connectivity index (χ4v) is 3.17. The molecule has 1 fully saturated rings. The second-order valence-electron chi connectivity index (χ2n) is 6.72. The van der Waals surface area contributed by atoms with E-state index in [0.717, 1.165) is 37.4 Å². The highest BCUT2D eigenvalue weighted by atomic mass is 16.5. The summed E-state index contributed by atoms with van der Waals surface area (Å²) in [5.41, 5.74) is 0.432. The molecule has 0 amide bonds. The number of aromatic nitrogens is 2.